The van der Waals surface area contributed by atoms with Crippen molar-refractivity contribution in [3.05, 3.63) is 35.4 Å². The van der Waals surface area contributed by atoms with Gasteiger partial charge in [0.25, 0.3) is 0 Å². The first-order chi connectivity index (χ1) is 7.57. The third-order valence-corrected chi connectivity index (χ3v) is 2.56. The second kappa shape index (κ2) is 5.71. The molecule has 1 unspecified atom stereocenters. The van der Waals surface area contributed by atoms with E-state index in [0.717, 1.165) is 24.2 Å². The van der Waals surface area contributed by atoms with Gasteiger partial charge in [-0.05, 0) is 17.7 Å². The number of ether oxygens (including phenoxy) is 1. The van der Waals surface area contributed by atoms with Crippen LogP contribution < -0.4 is 5.32 Å². The molecule has 1 aliphatic rings. The van der Waals surface area contributed by atoms with E-state index < -0.39 is 11.7 Å². The number of hydrogen-bond donors (Lipinski definition) is 1. The molecule has 1 aromatic carbocycles. The fraction of sp³-hybridized carbons (Fsp3) is 0.455. The lowest BCUT2D eigenvalue weighted by Crippen LogP contribution is -2.34. The molecule has 1 aromatic rings. The lowest BCUT2D eigenvalue weighted by Gasteiger charge is -2.24. The zero-order valence-electron chi connectivity index (χ0n) is 8.96. The standard InChI is InChI=1S/C11H12F3NO.ClH/c12-11(13,14)9-3-1-8(2-4-9)10-7-16-6-5-15-10;/h1-4,10,15H,5-7H2;1H. The van der Waals surface area contributed by atoms with Crippen molar-refractivity contribution in [1.29, 1.82) is 0 Å². The highest BCUT2D eigenvalue weighted by atomic mass is 35.5. The summed E-state index contributed by atoms with van der Waals surface area (Å²) in [6.07, 6.45) is -4.27. The zero-order chi connectivity index (χ0) is 11.6. The van der Waals surface area contributed by atoms with Crippen molar-refractivity contribution >= 4 is 12.4 Å². The SMILES string of the molecule is Cl.FC(F)(F)c1ccc(C2COCCN2)cc1. The van der Waals surface area contributed by atoms with E-state index >= 15 is 0 Å². The Bertz CT molecular complexity index is 347. The molecule has 6 heteroatoms. The molecule has 17 heavy (non-hydrogen) atoms. The highest BCUT2D eigenvalue weighted by molar-refractivity contribution is 5.85. The van der Waals surface area contributed by atoms with Crippen LogP contribution in [0.3, 0.4) is 0 Å². The summed E-state index contributed by atoms with van der Waals surface area (Å²) in [5, 5.41) is 3.19. The van der Waals surface area contributed by atoms with Gasteiger partial charge in [0.05, 0.1) is 24.8 Å². The van der Waals surface area contributed by atoms with Crippen LogP contribution in [0, 0.1) is 0 Å². The predicted molar refractivity (Wildman–Crippen MR) is 60.3 cm³/mol. The largest absolute Gasteiger partial charge is 0.416 e. The van der Waals surface area contributed by atoms with E-state index in [4.69, 9.17) is 4.74 Å². The van der Waals surface area contributed by atoms with Gasteiger partial charge in [-0.2, -0.15) is 13.2 Å². The van der Waals surface area contributed by atoms with Crippen molar-refractivity contribution in [2.45, 2.75) is 12.2 Å². The third kappa shape index (κ3) is 3.59. The van der Waals surface area contributed by atoms with Gasteiger partial charge in [-0.1, -0.05) is 12.1 Å². The Kier molecular flexibility index (Phi) is 4.80. The monoisotopic (exact) mass is 267 g/mol. The summed E-state index contributed by atoms with van der Waals surface area (Å²) in [7, 11) is 0. The summed E-state index contributed by atoms with van der Waals surface area (Å²) < 4.78 is 42.2. The average molecular weight is 268 g/mol. The first kappa shape index (κ1) is 14.3. The van der Waals surface area contributed by atoms with Crippen LogP contribution in [0.5, 0.6) is 0 Å². The van der Waals surface area contributed by atoms with E-state index in [1.165, 1.54) is 12.1 Å². The Morgan fingerprint density at radius 3 is 2.29 bits per heavy atom. The number of nitrogens with one attached hydrogen (secondary N) is 1. The lowest BCUT2D eigenvalue weighted by atomic mass is 10.0. The number of rotatable bonds is 1. The maximum Gasteiger partial charge on any atom is 0.416 e. The Labute approximate surface area is 104 Å². The second-order valence-electron chi connectivity index (χ2n) is 3.70. The van der Waals surface area contributed by atoms with Crippen molar-refractivity contribution in [2.75, 3.05) is 19.8 Å². The molecular formula is C11H13ClF3NO. The van der Waals surface area contributed by atoms with Gasteiger partial charge in [0.2, 0.25) is 0 Å². The molecule has 1 atom stereocenters. The quantitative estimate of drug-likeness (QED) is 0.845. The summed E-state index contributed by atoms with van der Waals surface area (Å²) in [6.45, 7) is 1.88. The van der Waals surface area contributed by atoms with Crippen molar-refractivity contribution in [1.82, 2.24) is 5.32 Å². The van der Waals surface area contributed by atoms with Crippen LogP contribution in [0.4, 0.5) is 13.2 Å². The number of halogens is 4. The minimum Gasteiger partial charge on any atom is -0.378 e. The van der Waals surface area contributed by atoms with Gasteiger partial charge in [0.1, 0.15) is 0 Å². The van der Waals surface area contributed by atoms with E-state index in [0.29, 0.717) is 13.2 Å². The molecule has 0 radical (unpaired) electrons. The van der Waals surface area contributed by atoms with Gasteiger partial charge >= 0.3 is 6.18 Å². The first-order valence-corrected chi connectivity index (χ1v) is 5.05. The molecule has 2 nitrogen and oxygen atoms in total. The maximum atomic E-state index is 12.3. The molecule has 0 amide bonds. The van der Waals surface area contributed by atoms with Gasteiger partial charge < -0.3 is 10.1 Å². The van der Waals surface area contributed by atoms with Crippen molar-refractivity contribution in [2.24, 2.45) is 0 Å². The lowest BCUT2D eigenvalue weighted by molar-refractivity contribution is -0.137. The van der Waals surface area contributed by atoms with Gasteiger partial charge in [-0.3, -0.25) is 0 Å². The summed E-state index contributed by atoms with van der Waals surface area (Å²) in [5.74, 6) is 0. The maximum absolute atomic E-state index is 12.3. The highest BCUT2D eigenvalue weighted by Gasteiger charge is 2.30. The molecule has 0 bridgehead atoms. The summed E-state index contributed by atoms with van der Waals surface area (Å²) >= 11 is 0. The van der Waals surface area contributed by atoms with Crippen LogP contribution in [0.15, 0.2) is 24.3 Å². The summed E-state index contributed by atoms with van der Waals surface area (Å²) in [4.78, 5) is 0. The molecular weight excluding hydrogens is 255 g/mol. The van der Waals surface area contributed by atoms with Crippen LogP contribution >= 0.6 is 12.4 Å². The predicted octanol–water partition coefficient (Wildman–Crippen LogP) is 2.79. The topological polar surface area (TPSA) is 21.3 Å². The molecule has 0 aliphatic carbocycles. The van der Waals surface area contributed by atoms with Gasteiger partial charge in [0.15, 0.2) is 0 Å². The van der Waals surface area contributed by atoms with Crippen LogP contribution in [-0.4, -0.2) is 19.8 Å². The number of morpholine rings is 1. The normalized spacial score (nSPS) is 20.8. The van der Waals surface area contributed by atoms with E-state index in [1.807, 2.05) is 0 Å². The van der Waals surface area contributed by atoms with Gasteiger partial charge in [0, 0.05) is 6.54 Å². The fourth-order valence-corrected chi connectivity index (χ4v) is 1.68. The molecule has 1 aliphatic heterocycles. The minimum absolute atomic E-state index is 0. The molecule has 0 aromatic heterocycles. The highest BCUT2D eigenvalue weighted by Crippen LogP contribution is 2.30. The van der Waals surface area contributed by atoms with Crippen molar-refractivity contribution in [3.8, 4) is 0 Å². The number of hydrogen-bond acceptors (Lipinski definition) is 2. The van der Waals surface area contributed by atoms with Crippen LogP contribution in [0.2, 0.25) is 0 Å². The molecule has 2 rings (SSSR count). The zero-order valence-corrected chi connectivity index (χ0v) is 9.77. The molecule has 1 N–H and O–H groups in total. The van der Waals surface area contributed by atoms with Crippen LogP contribution in [0.1, 0.15) is 17.2 Å². The van der Waals surface area contributed by atoms with Crippen LogP contribution in [-0.2, 0) is 10.9 Å². The Hall–Kier alpha value is -0.780. The average Bonchev–Trinajstić information content (AvgIpc) is 2.29. The van der Waals surface area contributed by atoms with Crippen molar-refractivity contribution < 1.29 is 17.9 Å². The van der Waals surface area contributed by atoms with Crippen LogP contribution in [0.25, 0.3) is 0 Å². The molecule has 1 heterocycles. The van der Waals surface area contributed by atoms with Crippen molar-refractivity contribution in [3.63, 3.8) is 0 Å². The first-order valence-electron chi connectivity index (χ1n) is 5.05. The number of alkyl halides is 3. The van der Waals surface area contributed by atoms with E-state index in [9.17, 15) is 13.2 Å². The van der Waals surface area contributed by atoms with E-state index in [-0.39, 0.29) is 18.4 Å². The van der Waals surface area contributed by atoms with E-state index in [1.54, 1.807) is 0 Å². The minimum atomic E-state index is -4.27. The summed E-state index contributed by atoms with van der Waals surface area (Å²) in [6, 6.07) is 5.19. The van der Waals surface area contributed by atoms with Gasteiger partial charge in [-0.25, -0.2) is 0 Å². The Balaban J connectivity index is 0.00000144. The summed E-state index contributed by atoms with van der Waals surface area (Å²) in [5.41, 5.74) is 0.209. The molecule has 1 saturated heterocycles. The molecule has 96 valence electrons. The smallest absolute Gasteiger partial charge is 0.378 e. The molecule has 0 saturated carbocycles. The second-order valence-corrected chi connectivity index (χ2v) is 3.70. The Morgan fingerprint density at radius 1 is 1.18 bits per heavy atom. The molecule has 0 spiro atoms. The molecule has 1 fully saturated rings. The fourth-order valence-electron chi connectivity index (χ4n) is 1.68. The van der Waals surface area contributed by atoms with E-state index in [2.05, 4.69) is 5.32 Å². The third-order valence-electron chi connectivity index (χ3n) is 2.56. The number of benzene rings is 1. The van der Waals surface area contributed by atoms with Gasteiger partial charge in [-0.15, -0.1) is 12.4 Å². The Morgan fingerprint density at radius 2 is 1.82 bits per heavy atom.